The average Bonchev–Trinajstić information content (AvgIpc) is 3.34. The van der Waals surface area contributed by atoms with Gasteiger partial charge in [0.2, 0.25) is 0 Å². The van der Waals surface area contributed by atoms with E-state index in [0.717, 1.165) is 22.7 Å². The van der Waals surface area contributed by atoms with Crippen LogP contribution in [0.1, 0.15) is 36.8 Å². The molecule has 0 saturated carbocycles. The van der Waals surface area contributed by atoms with Crippen molar-refractivity contribution in [3.05, 3.63) is 60.0 Å². The molecule has 0 bridgehead atoms. The fraction of sp³-hybridized carbons (Fsp3) is 0.333. The van der Waals surface area contributed by atoms with Crippen molar-refractivity contribution in [1.29, 1.82) is 0 Å². The molecule has 0 saturated heterocycles. The van der Waals surface area contributed by atoms with E-state index in [1.165, 1.54) is 6.33 Å². The van der Waals surface area contributed by atoms with Gasteiger partial charge in [0.15, 0.2) is 11.7 Å². The molecule has 2 heterocycles. The average molecular weight is 481 g/mol. The molecule has 0 unspecified atom stereocenters. The summed E-state index contributed by atoms with van der Waals surface area (Å²) in [5, 5.41) is 14.7. The van der Waals surface area contributed by atoms with Crippen LogP contribution in [-0.4, -0.2) is 32.9 Å². The van der Waals surface area contributed by atoms with Crippen molar-refractivity contribution in [2.75, 3.05) is 7.05 Å². The molecule has 0 fully saturated rings. The highest BCUT2D eigenvalue weighted by Gasteiger charge is 2.08. The lowest BCUT2D eigenvalue weighted by molar-refractivity contribution is 0.372. The summed E-state index contributed by atoms with van der Waals surface area (Å²) in [6.45, 7) is 5.36. The first-order chi connectivity index (χ1) is 12.7. The second-order valence-corrected chi connectivity index (χ2v) is 6.16. The van der Waals surface area contributed by atoms with E-state index in [-0.39, 0.29) is 24.0 Å². The fourth-order valence-corrected chi connectivity index (χ4v) is 2.37. The Kier molecular flexibility index (Phi) is 7.77. The smallest absolute Gasteiger partial charge is 0.191 e. The first kappa shape index (κ1) is 20.9. The zero-order chi connectivity index (χ0) is 18.4. The lowest BCUT2D eigenvalue weighted by Crippen LogP contribution is -2.36. The van der Waals surface area contributed by atoms with Crippen LogP contribution >= 0.6 is 24.0 Å². The SMILES string of the molecule is CN=C(NCc1ccc(-n2cncn2)cc1)NCc1cc(C(C)C)no1.I. The third kappa shape index (κ3) is 5.78. The minimum Gasteiger partial charge on any atom is -0.359 e. The fourth-order valence-electron chi connectivity index (χ4n) is 2.37. The number of hydrogen-bond acceptors (Lipinski definition) is 5. The van der Waals surface area contributed by atoms with Crippen molar-refractivity contribution >= 4 is 29.9 Å². The summed E-state index contributed by atoms with van der Waals surface area (Å²) >= 11 is 0. The number of aromatic nitrogens is 4. The number of nitrogens with one attached hydrogen (secondary N) is 2. The predicted octanol–water partition coefficient (Wildman–Crippen LogP) is 2.86. The van der Waals surface area contributed by atoms with Crippen molar-refractivity contribution < 1.29 is 4.52 Å². The summed E-state index contributed by atoms with van der Waals surface area (Å²) in [4.78, 5) is 8.18. The number of aliphatic imine (C=N–C) groups is 1. The van der Waals surface area contributed by atoms with Crippen LogP contribution in [0.25, 0.3) is 5.69 Å². The number of rotatable bonds is 6. The van der Waals surface area contributed by atoms with Crippen LogP contribution in [0.5, 0.6) is 0 Å². The highest BCUT2D eigenvalue weighted by molar-refractivity contribution is 14.0. The number of nitrogens with zero attached hydrogens (tertiary/aromatic N) is 5. The molecule has 3 rings (SSSR count). The van der Waals surface area contributed by atoms with Crippen molar-refractivity contribution in [3.8, 4) is 5.69 Å². The van der Waals surface area contributed by atoms with Crippen molar-refractivity contribution in [2.24, 2.45) is 4.99 Å². The third-order valence-electron chi connectivity index (χ3n) is 3.90. The van der Waals surface area contributed by atoms with Crippen molar-refractivity contribution in [3.63, 3.8) is 0 Å². The molecular weight excluding hydrogens is 457 g/mol. The normalized spacial score (nSPS) is 11.3. The maximum Gasteiger partial charge on any atom is 0.191 e. The maximum atomic E-state index is 5.32. The molecule has 8 nitrogen and oxygen atoms in total. The Bertz CT molecular complexity index is 841. The van der Waals surface area contributed by atoms with Gasteiger partial charge in [-0.3, -0.25) is 4.99 Å². The molecule has 0 aliphatic rings. The summed E-state index contributed by atoms with van der Waals surface area (Å²) in [6, 6.07) is 10.1. The van der Waals surface area contributed by atoms with Gasteiger partial charge in [-0.2, -0.15) is 5.10 Å². The summed E-state index contributed by atoms with van der Waals surface area (Å²) in [5.41, 5.74) is 3.07. The molecule has 144 valence electrons. The Morgan fingerprint density at radius 3 is 2.52 bits per heavy atom. The lowest BCUT2D eigenvalue weighted by Gasteiger charge is -2.11. The number of benzene rings is 1. The van der Waals surface area contributed by atoms with Gasteiger partial charge in [-0.05, 0) is 23.6 Å². The molecule has 0 aliphatic carbocycles. The van der Waals surface area contributed by atoms with Gasteiger partial charge in [0, 0.05) is 19.7 Å². The van der Waals surface area contributed by atoms with E-state index in [1.807, 2.05) is 30.3 Å². The molecular formula is C18H24IN7O. The highest BCUT2D eigenvalue weighted by Crippen LogP contribution is 2.13. The van der Waals surface area contributed by atoms with Gasteiger partial charge >= 0.3 is 0 Å². The Hall–Kier alpha value is -2.43. The van der Waals surface area contributed by atoms with Crippen LogP contribution in [0.2, 0.25) is 0 Å². The summed E-state index contributed by atoms with van der Waals surface area (Å²) in [6.07, 6.45) is 3.19. The molecule has 0 spiro atoms. The van der Waals surface area contributed by atoms with Gasteiger partial charge < -0.3 is 15.2 Å². The predicted molar refractivity (Wildman–Crippen MR) is 114 cm³/mol. The molecule has 2 aromatic heterocycles. The lowest BCUT2D eigenvalue weighted by atomic mass is 10.1. The topological polar surface area (TPSA) is 93.2 Å². The van der Waals surface area contributed by atoms with Gasteiger partial charge in [-0.1, -0.05) is 31.1 Å². The Morgan fingerprint density at radius 2 is 1.93 bits per heavy atom. The van der Waals surface area contributed by atoms with Crippen LogP contribution in [0.4, 0.5) is 0 Å². The van der Waals surface area contributed by atoms with E-state index in [0.29, 0.717) is 25.0 Å². The van der Waals surface area contributed by atoms with E-state index in [4.69, 9.17) is 4.52 Å². The number of hydrogen-bond donors (Lipinski definition) is 2. The number of guanidine groups is 1. The van der Waals surface area contributed by atoms with Crippen LogP contribution in [0.15, 0.2) is 52.5 Å². The van der Waals surface area contributed by atoms with E-state index < -0.39 is 0 Å². The minimum atomic E-state index is 0. The van der Waals surface area contributed by atoms with Crippen LogP contribution in [0.3, 0.4) is 0 Å². The Balaban J connectivity index is 0.00000261. The summed E-state index contributed by atoms with van der Waals surface area (Å²) in [7, 11) is 1.74. The monoisotopic (exact) mass is 481 g/mol. The zero-order valence-electron chi connectivity index (χ0n) is 15.6. The van der Waals surface area contributed by atoms with Crippen molar-refractivity contribution in [2.45, 2.75) is 32.9 Å². The van der Waals surface area contributed by atoms with Gasteiger partial charge in [0.25, 0.3) is 0 Å². The van der Waals surface area contributed by atoms with E-state index in [2.05, 4.69) is 44.7 Å². The summed E-state index contributed by atoms with van der Waals surface area (Å²) in [5.74, 6) is 1.84. The molecule has 2 N–H and O–H groups in total. The molecule has 3 aromatic rings. The van der Waals surface area contributed by atoms with Crippen LogP contribution in [-0.2, 0) is 13.1 Å². The zero-order valence-corrected chi connectivity index (χ0v) is 17.9. The second-order valence-electron chi connectivity index (χ2n) is 6.16. The quantitative estimate of drug-likeness (QED) is 0.320. The minimum absolute atomic E-state index is 0. The Labute approximate surface area is 175 Å². The summed E-state index contributed by atoms with van der Waals surface area (Å²) < 4.78 is 7.05. The Morgan fingerprint density at radius 1 is 1.19 bits per heavy atom. The van der Waals surface area contributed by atoms with E-state index in [9.17, 15) is 0 Å². The first-order valence-electron chi connectivity index (χ1n) is 8.49. The number of halogens is 1. The third-order valence-corrected chi connectivity index (χ3v) is 3.90. The second kappa shape index (κ2) is 10.0. The van der Waals surface area contributed by atoms with Crippen molar-refractivity contribution in [1.82, 2.24) is 30.6 Å². The molecule has 0 radical (unpaired) electrons. The molecule has 9 heteroatoms. The van der Waals surface area contributed by atoms with Gasteiger partial charge in [-0.25, -0.2) is 9.67 Å². The molecule has 0 atom stereocenters. The molecule has 27 heavy (non-hydrogen) atoms. The first-order valence-corrected chi connectivity index (χ1v) is 8.49. The molecule has 0 aliphatic heterocycles. The molecule has 1 aromatic carbocycles. The largest absolute Gasteiger partial charge is 0.359 e. The standard InChI is InChI=1S/C18H23N7O.HI/c1-13(2)17-8-16(26-24-17)10-22-18(19-3)21-9-14-4-6-15(7-5-14)25-12-20-11-23-25;/h4-8,11-13H,9-10H2,1-3H3,(H2,19,21,22);1H. The van der Waals surface area contributed by atoms with E-state index >= 15 is 0 Å². The van der Waals surface area contributed by atoms with E-state index in [1.54, 1.807) is 18.1 Å². The van der Waals surface area contributed by atoms with Gasteiger partial charge in [0.1, 0.15) is 12.7 Å². The van der Waals surface area contributed by atoms with Crippen LogP contribution < -0.4 is 10.6 Å². The van der Waals surface area contributed by atoms with Gasteiger partial charge in [-0.15, -0.1) is 24.0 Å². The highest BCUT2D eigenvalue weighted by atomic mass is 127. The van der Waals surface area contributed by atoms with Crippen LogP contribution in [0, 0.1) is 0 Å². The maximum absolute atomic E-state index is 5.32. The molecule has 0 amide bonds. The van der Waals surface area contributed by atoms with Gasteiger partial charge in [0.05, 0.1) is 17.9 Å².